The van der Waals surface area contributed by atoms with Crippen LogP contribution in [0.1, 0.15) is 37.3 Å². The van der Waals surface area contributed by atoms with E-state index in [0.717, 1.165) is 37.3 Å². The van der Waals surface area contributed by atoms with Gasteiger partial charge in [-0.05, 0) is 54.2 Å². The number of hydrogen-bond donors (Lipinski definition) is 0. The Morgan fingerprint density at radius 1 is 0.893 bits per heavy atom. The van der Waals surface area contributed by atoms with Gasteiger partial charge in [-0.2, -0.15) is 22.0 Å². The Kier molecular flexibility index (Phi) is 7.01. The number of benzene rings is 2. The van der Waals surface area contributed by atoms with Crippen molar-refractivity contribution in [3.63, 3.8) is 0 Å². The summed E-state index contributed by atoms with van der Waals surface area (Å²) in [5, 5.41) is 0. The molecule has 154 valence electrons. The van der Waals surface area contributed by atoms with E-state index in [2.05, 4.69) is 11.7 Å². The van der Waals surface area contributed by atoms with Crippen LogP contribution in [0.5, 0.6) is 5.75 Å². The molecular formula is C21H22F6O. The molecule has 1 unspecified atom stereocenters. The average molecular weight is 404 g/mol. The molecule has 0 aliphatic heterocycles. The Morgan fingerprint density at radius 3 is 2.04 bits per heavy atom. The van der Waals surface area contributed by atoms with Crippen LogP contribution < -0.4 is 4.74 Å². The molecule has 2 aromatic rings. The minimum Gasteiger partial charge on any atom is -0.430 e. The van der Waals surface area contributed by atoms with Crippen molar-refractivity contribution in [2.45, 2.75) is 58.0 Å². The molecule has 0 aliphatic rings. The van der Waals surface area contributed by atoms with E-state index in [0.29, 0.717) is 5.56 Å². The molecule has 28 heavy (non-hydrogen) atoms. The van der Waals surface area contributed by atoms with Crippen molar-refractivity contribution in [1.29, 1.82) is 0 Å². The van der Waals surface area contributed by atoms with E-state index >= 15 is 0 Å². The third-order valence-corrected chi connectivity index (χ3v) is 4.36. The van der Waals surface area contributed by atoms with Crippen molar-refractivity contribution >= 4 is 0 Å². The van der Waals surface area contributed by atoms with Gasteiger partial charge in [0.25, 0.3) is 6.17 Å². The van der Waals surface area contributed by atoms with E-state index in [4.69, 9.17) is 0 Å². The number of alkyl halides is 6. The van der Waals surface area contributed by atoms with Gasteiger partial charge in [0, 0.05) is 0 Å². The largest absolute Gasteiger partial charge is 0.439 e. The highest BCUT2D eigenvalue weighted by Crippen LogP contribution is 2.38. The van der Waals surface area contributed by atoms with Gasteiger partial charge in [-0.25, -0.2) is 4.39 Å². The molecule has 0 saturated carbocycles. The maximum absolute atomic E-state index is 13.5. The Balaban J connectivity index is 2.14. The molecule has 0 aromatic heterocycles. The summed E-state index contributed by atoms with van der Waals surface area (Å²) in [6, 6.07) is 11.8. The van der Waals surface area contributed by atoms with Gasteiger partial charge in [-0.15, -0.1) is 0 Å². The van der Waals surface area contributed by atoms with Gasteiger partial charge < -0.3 is 4.74 Å². The molecule has 0 fully saturated rings. The first-order chi connectivity index (χ1) is 13.0. The Morgan fingerprint density at radius 2 is 1.50 bits per heavy atom. The first kappa shape index (κ1) is 22.1. The molecular weight excluding hydrogens is 382 g/mol. The molecule has 0 bridgehead atoms. The van der Waals surface area contributed by atoms with Gasteiger partial charge >= 0.3 is 12.3 Å². The topological polar surface area (TPSA) is 9.23 Å². The minimum absolute atomic E-state index is 0.179. The summed E-state index contributed by atoms with van der Waals surface area (Å²) in [6.07, 6.45) is -10.8. The zero-order valence-electron chi connectivity index (χ0n) is 15.6. The molecule has 0 radical (unpaired) electrons. The van der Waals surface area contributed by atoms with Crippen molar-refractivity contribution in [1.82, 2.24) is 0 Å². The number of unbranched alkanes of at least 4 members (excludes halogenated alkanes) is 2. The first-order valence-corrected chi connectivity index (χ1v) is 9.02. The number of halogens is 6. The lowest BCUT2D eigenvalue weighted by molar-refractivity contribution is -0.305. The maximum Gasteiger partial charge on any atom is 0.439 e. The molecule has 0 aliphatic carbocycles. The fourth-order valence-corrected chi connectivity index (χ4v) is 2.78. The second kappa shape index (κ2) is 8.88. The second-order valence-electron chi connectivity index (χ2n) is 6.70. The van der Waals surface area contributed by atoms with Crippen LogP contribution >= 0.6 is 0 Å². The molecule has 1 atom stereocenters. The van der Waals surface area contributed by atoms with Gasteiger partial charge in [0.2, 0.25) is 0 Å². The van der Waals surface area contributed by atoms with Crippen LogP contribution in [0.15, 0.2) is 42.5 Å². The molecule has 2 aromatic carbocycles. The highest BCUT2D eigenvalue weighted by molar-refractivity contribution is 5.66. The van der Waals surface area contributed by atoms with Crippen LogP contribution in [0.2, 0.25) is 0 Å². The van der Waals surface area contributed by atoms with E-state index in [-0.39, 0.29) is 5.56 Å². The smallest absolute Gasteiger partial charge is 0.430 e. The monoisotopic (exact) mass is 404 g/mol. The summed E-state index contributed by atoms with van der Waals surface area (Å²) in [4.78, 5) is 0. The quantitative estimate of drug-likeness (QED) is 0.332. The van der Waals surface area contributed by atoms with E-state index in [1.54, 1.807) is 0 Å². The summed E-state index contributed by atoms with van der Waals surface area (Å²) in [7, 11) is 0. The molecule has 2 rings (SSSR count). The summed E-state index contributed by atoms with van der Waals surface area (Å²) < 4.78 is 80.7. The Hall–Kier alpha value is -2.18. The van der Waals surface area contributed by atoms with E-state index in [1.165, 1.54) is 24.6 Å². The first-order valence-electron chi connectivity index (χ1n) is 9.02. The predicted octanol–water partition coefficient (Wildman–Crippen LogP) is 7.27. The predicted molar refractivity (Wildman–Crippen MR) is 96.4 cm³/mol. The molecule has 0 heterocycles. The normalized spacial score (nSPS) is 13.4. The fraction of sp³-hybridized carbons (Fsp3) is 0.429. The fourth-order valence-electron chi connectivity index (χ4n) is 2.78. The third-order valence-electron chi connectivity index (χ3n) is 4.36. The highest BCUT2D eigenvalue weighted by Gasteiger charge is 2.59. The van der Waals surface area contributed by atoms with Crippen molar-refractivity contribution < 1.29 is 31.1 Å². The highest BCUT2D eigenvalue weighted by atomic mass is 19.4. The lowest BCUT2D eigenvalue weighted by Crippen LogP contribution is -2.45. The summed E-state index contributed by atoms with van der Waals surface area (Å²) in [5.74, 6) is -0.503. The molecule has 7 heteroatoms. The average Bonchev–Trinajstić information content (AvgIpc) is 2.63. The van der Waals surface area contributed by atoms with Crippen LogP contribution in [0.4, 0.5) is 26.3 Å². The number of rotatable bonds is 8. The van der Waals surface area contributed by atoms with Crippen LogP contribution in [0, 0.1) is 6.92 Å². The number of ether oxygens (including phenoxy) is 1. The van der Waals surface area contributed by atoms with Crippen molar-refractivity contribution in [3.8, 4) is 16.9 Å². The molecule has 0 saturated heterocycles. The van der Waals surface area contributed by atoms with Gasteiger partial charge in [-0.3, -0.25) is 0 Å². The molecule has 0 spiro atoms. The van der Waals surface area contributed by atoms with Crippen molar-refractivity contribution in [2.24, 2.45) is 0 Å². The summed E-state index contributed by atoms with van der Waals surface area (Å²) >= 11 is 0. The van der Waals surface area contributed by atoms with Gasteiger partial charge in [0.15, 0.2) is 0 Å². The van der Waals surface area contributed by atoms with E-state index in [9.17, 15) is 26.3 Å². The zero-order chi connectivity index (χ0) is 20.9. The van der Waals surface area contributed by atoms with Crippen LogP contribution in [0.3, 0.4) is 0 Å². The van der Waals surface area contributed by atoms with Crippen LogP contribution in [-0.2, 0) is 6.42 Å². The lowest BCUT2D eigenvalue weighted by Gasteiger charge is -2.24. The number of hydrogen-bond acceptors (Lipinski definition) is 1. The Bertz CT molecular complexity index is 767. The van der Waals surface area contributed by atoms with Crippen molar-refractivity contribution in [2.75, 3.05) is 0 Å². The number of aryl methyl sites for hydroxylation is 2. The van der Waals surface area contributed by atoms with Crippen LogP contribution in [0.25, 0.3) is 11.1 Å². The second-order valence-corrected chi connectivity index (χ2v) is 6.70. The SMILES string of the molecule is CCCCCc1ccc(-c2ccc(OC(F)(F)C(F)C(F)(F)F)c(C)c2)cc1. The van der Waals surface area contributed by atoms with Gasteiger partial charge in [0.1, 0.15) is 5.75 Å². The van der Waals surface area contributed by atoms with E-state index < -0.39 is 24.2 Å². The summed E-state index contributed by atoms with van der Waals surface area (Å²) in [6.45, 7) is 3.54. The lowest BCUT2D eigenvalue weighted by atomic mass is 10.00. The minimum atomic E-state index is -5.71. The van der Waals surface area contributed by atoms with Gasteiger partial charge in [0.05, 0.1) is 0 Å². The molecule has 0 N–H and O–H groups in total. The maximum atomic E-state index is 13.5. The molecule has 1 nitrogen and oxygen atoms in total. The third kappa shape index (κ3) is 5.66. The zero-order valence-corrected chi connectivity index (χ0v) is 15.6. The molecule has 0 amide bonds. The Labute approximate surface area is 160 Å². The standard InChI is InChI=1S/C21H22F6O/c1-3-4-5-6-15-7-9-16(10-8-15)17-11-12-18(14(2)13-17)28-21(26,27)19(22)20(23,24)25/h7-13,19H,3-6H2,1-2H3. The van der Waals surface area contributed by atoms with Gasteiger partial charge in [-0.1, -0.05) is 50.1 Å². The van der Waals surface area contributed by atoms with E-state index in [1.807, 2.05) is 24.3 Å². The summed E-state index contributed by atoms with van der Waals surface area (Å²) in [5.41, 5.74) is 2.90. The van der Waals surface area contributed by atoms with Crippen LogP contribution in [-0.4, -0.2) is 18.5 Å². The van der Waals surface area contributed by atoms with Crippen molar-refractivity contribution in [3.05, 3.63) is 53.6 Å².